The van der Waals surface area contributed by atoms with Crippen LogP contribution in [0, 0.1) is 27.7 Å². The van der Waals surface area contributed by atoms with Gasteiger partial charge in [-0.1, -0.05) is 269 Å². The van der Waals surface area contributed by atoms with Crippen LogP contribution in [0.4, 0.5) is 0 Å². The number of hydrogen-bond donors (Lipinski definition) is 6. The van der Waals surface area contributed by atoms with Gasteiger partial charge in [0.2, 0.25) is 0 Å². The highest BCUT2D eigenvalue weighted by atomic mass is 16.3. The molecule has 0 aliphatic heterocycles. The minimum absolute atomic E-state index is 0.0334. The Labute approximate surface area is 551 Å². The van der Waals surface area contributed by atoms with E-state index in [4.69, 9.17) is 0 Å². The maximum atomic E-state index is 11.3. The number of rotatable bonds is 10. The van der Waals surface area contributed by atoms with Crippen LogP contribution in [0.1, 0.15) is 337 Å². The zero-order valence-electron chi connectivity index (χ0n) is 60.0. The standard InChI is InChI=1S/C29H40O2.C29H44O2.C27H36O2/c1-20-15-22(26(30)24(17-20)28(3)11-7-5-8-12-28)19-23-16-21(2)18-25(27(23)31)29(4)13-9-6-10-14-29;1-26(2,3)20-14-18(24(30)22(16-20)28(7,8)9)13-19-15-21(27(4,5)6)17-23(25(19)31)29(10,11)12;1-18-13-22(26(28)24(15-18)20-9-5-3-6-10-20)17-23-14-19(2)16-25(27(23)29)21-11-7-4-8-12-21/h15-18,30-31H,5-14,19H2,1-4H3;14-17,30-31H,13H2,1-12H3;13-16,20-21,28-29H,3-12,17H2,1-2H3. The van der Waals surface area contributed by atoms with E-state index in [-0.39, 0.29) is 32.5 Å². The number of phenolic OH excluding ortho intramolecular Hbond substituents is 6. The van der Waals surface area contributed by atoms with E-state index < -0.39 is 0 Å². The molecule has 6 nitrogen and oxygen atoms in total. The molecule has 0 unspecified atom stereocenters. The monoisotopic (exact) mass is 1240 g/mol. The van der Waals surface area contributed by atoms with E-state index in [2.05, 4.69) is 197 Å². The van der Waals surface area contributed by atoms with Crippen molar-refractivity contribution in [3.05, 3.63) is 173 Å². The quantitative estimate of drug-likeness (QED) is 0.0813. The van der Waals surface area contributed by atoms with E-state index >= 15 is 0 Å². The molecule has 0 aromatic heterocycles. The van der Waals surface area contributed by atoms with Gasteiger partial charge in [0.1, 0.15) is 34.5 Å². The number of hydrogen-bond acceptors (Lipinski definition) is 6. The van der Waals surface area contributed by atoms with E-state index in [1.165, 1.54) is 136 Å². The van der Waals surface area contributed by atoms with Crippen LogP contribution in [0.3, 0.4) is 0 Å². The molecule has 91 heavy (non-hydrogen) atoms. The van der Waals surface area contributed by atoms with Crippen LogP contribution in [-0.2, 0) is 51.8 Å². The third kappa shape index (κ3) is 17.1. The minimum Gasteiger partial charge on any atom is -0.507 e. The molecule has 0 spiro atoms. The summed E-state index contributed by atoms with van der Waals surface area (Å²) in [5, 5.41) is 67.4. The average molecular weight is 1240 g/mol. The van der Waals surface area contributed by atoms with Crippen LogP contribution < -0.4 is 0 Å². The van der Waals surface area contributed by atoms with Crippen molar-refractivity contribution in [1.29, 1.82) is 0 Å². The van der Waals surface area contributed by atoms with Crippen LogP contribution in [0.15, 0.2) is 72.8 Å². The molecule has 10 rings (SSSR count). The number of aromatic hydroxyl groups is 6. The zero-order chi connectivity index (χ0) is 66.8. The summed E-state index contributed by atoms with van der Waals surface area (Å²) in [5.74, 6) is 3.46. The molecule has 496 valence electrons. The Hall–Kier alpha value is -5.88. The van der Waals surface area contributed by atoms with Crippen molar-refractivity contribution < 1.29 is 30.6 Å². The van der Waals surface area contributed by atoms with E-state index in [1.54, 1.807) is 0 Å². The molecule has 6 aromatic carbocycles. The van der Waals surface area contributed by atoms with Gasteiger partial charge in [0, 0.05) is 30.4 Å². The van der Waals surface area contributed by atoms with Crippen molar-refractivity contribution in [2.45, 2.75) is 317 Å². The van der Waals surface area contributed by atoms with Crippen LogP contribution in [0.2, 0.25) is 0 Å². The maximum absolute atomic E-state index is 11.3. The third-order valence-corrected chi connectivity index (χ3v) is 21.6. The Bertz CT molecular complexity index is 3260. The summed E-state index contributed by atoms with van der Waals surface area (Å²) in [6.45, 7) is 39.1. The van der Waals surface area contributed by atoms with Gasteiger partial charge in [0.15, 0.2) is 0 Å². The van der Waals surface area contributed by atoms with Crippen molar-refractivity contribution in [2.75, 3.05) is 0 Å². The highest BCUT2D eigenvalue weighted by Crippen LogP contribution is 2.50. The van der Waals surface area contributed by atoms with Gasteiger partial charge in [0.05, 0.1) is 0 Å². The second-order valence-electron chi connectivity index (χ2n) is 33.9. The fraction of sp³-hybridized carbons (Fsp3) is 0.576. The van der Waals surface area contributed by atoms with Crippen molar-refractivity contribution in [1.82, 2.24) is 0 Å². The van der Waals surface area contributed by atoms with E-state index in [0.717, 1.165) is 92.4 Å². The Kier molecular flexibility index (Phi) is 22.1. The van der Waals surface area contributed by atoms with Crippen molar-refractivity contribution in [2.24, 2.45) is 0 Å². The highest BCUT2D eigenvalue weighted by Gasteiger charge is 2.36. The van der Waals surface area contributed by atoms with Gasteiger partial charge in [-0.3, -0.25) is 0 Å². The van der Waals surface area contributed by atoms with Gasteiger partial charge >= 0.3 is 0 Å². The van der Waals surface area contributed by atoms with Crippen molar-refractivity contribution in [3.63, 3.8) is 0 Å². The lowest BCUT2D eigenvalue weighted by molar-refractivity contribution is 0.306. The second-order valence-corrected chi connectivity index (χ2v) is 33.9. The number of benzene rings is 6. The van der Waals surface area contributed by atoms with Crippen LogP contribution in [0.25, 0.3) is 0 Å². The topological polar surface area (TPSA) is 121 Å². The van der Waals surface area contributed by atoms with Gasteiger partial charge in [-0.25, -0.2) is 0 Å². The van der Waals surface area contributed by atoms with Crippen molar-refractivity contribution >= 4 is 0 Å². The molecule has 4 saturated carbocycles. The summed E-state index contributed by atoms with van der Waals surface area (Å²) in [5.41, 5.74) is 18.8. The lowest BCUT2D eigenvalue weighted by Gasteiger charge is -2.36. The first-order chi connectivity index (χ1) is 42.5. The largest absolute Gasteiger partial charge is 0.507 e. The fourth-order valence-electron chi connectivity index (χ4n) is 15.9. The molecular formula is C85H120O6. The molecule has 0 radical (unpaired) electrons. The molecule has 6 aromatic rings. The van der Waals surface area contributed by atoms with Gasteiger partial charge < -0.3 is 30.6 Å². The Morgan fingerprint density at radius 1 is 0.308 bits per heavy atom. The predicted octanol–water partition coefficient (Wildman–Crippen LogP) is 23.0. The minimum atomic E-state index is -0.175. The van der Waals surface area contributed by atoms with Crippen LogP contribution >= 0.6 is 0 Å². The van der Waals surface area contributed by atoms with Crippen LogP contribution in [-0.4, -0.2) is 30.6 Å². The molecule has 4 aliphatic rings. The van der Waals surface area contributed by atoms with Gasteiger partial charge in [-0.05, 0) is 190 Å². The first-order valence-corrected chi connectivity index (χ1v) is 35.5. The first kappa shape index (κ1) is 71.0. The summed E-state index contributed by atoms with van der Waals surface area (Å²) in [6, 6.07) is 25.7. The Balaban J connectivity index is 0.000000176. The van der Waals surface area contributed by atoms with E-state index in [1.807, 2.05) is 0 Å². The average Bonchev–Trinajstić information content (AvgIpc) is 0.899. The molecule has 0 bridgehead atoms. The summed E-state index contributed by atoms with van der Waals surface area (Å²) >= 11 is 0. The van der Waals surface area contributed by atoms with E-state index in [9.17, 15) is 30.6 Å². The molecular weight excluding hydrogens is 1120 g/mol. The molecule has 0 saturated heterocycles. The number of phenols is 6. The third-order valence-electron chi connectivity index (χ3n) is 21.6. The smallest absolute Gasteiger partial charge is 0.122 e. The molecule has 0 amide bonds. The highest BCUT2D eigenvalue weighted by molar-refractivity contribution is 5.57. The zero-order valence-corrected chi connectivity index (χ0v) is 60.0. The predicted molar refractivity (Wildman–Crippen MR) is 383 cm³/mol. The Morgan fingerprint density at radius 2 is 0.571 bits per heavy atom. The molecule has 6 N–H and O–H groups in total. The molecule has 4 fully saturated rings. The maximum Gasteiger partial charge on any atom is 0.122 e. The van der Waals surface area contributed by atoms with Gasteiger partial charge in [0.25, 0.3) is 0 Å². The van der Waals surface area contributed by atoms with Crippen molar-refractivity contribution in [3.8, 4) is 34.5 Å². The normalized spacial score (nSPS) is 17.6. The molecule has 6 heteroatoms. The Morgan fingerprint density at radius 3 is 0.857 bits per heavy atom. The van der Waals surface area contributed by atoms with Gasteiger partial charge in [-0.2, -0.15) is 0 Å². The summed E-state index contributed by atoms with van der Waals surface area (Å²) < 4.78 is 0. The lowest BCUT2D eigenvalue weighted by atomic mass is 9.69. The lowest BCUT2D eigenvalue weighted by Crippen LogP contribution is -2.26. The van der Waals surface area contributed by atoms with E-state index in [0.29, 0.717) is 65.6 Å². The summed E-state index contributed by atoms with van der Waals surface area (Å²) in [7, 11) is 0. The SMILES string of the molecule is CC(C)(C)c1cc(Cc2cc(C(C)(C)C)cc(C(C)(C)C)c2O)c(O)c(C(C)(C)C)c1.Cc1cc(Cc2cc(C)cc(C3(C)CCCCC3)c2O)c(O)c(C2(C)CCCCC2)c1.Cc1cc(Cc2cc(C)cc(C3CCCCC3)c2O)c(O)c(C2CCCCC2)c1. The summed E-state index contributed by atoms with van der Waals surface area (Å²) in [4.78, 5) is 0. The first-order valence-electron chi connectivity index (χ1n) is 35.5. The molecule has 0 heterocycles. The molecule has 0 atom stereocenters. The van der Waals surface area contributed by atoms with Crippen LogP contribution in [0.5, 0.6) is 34.5 Å². The summed E-state index contributed by atoms with van der Waals surface area (Å²) in [6.07, 6.45) is 26.2. The van der Waals surface area contributed by atoms with Gasteiger partial charge in [-0.15, -0.1) is 0 Å². The molecule has 4 aliphatic carbocycles. The fourth-order valence-corrected chi connectivity index (χ4v) is 15.9. The number of aryl methyl sites for hydroxylation is 4. The second kappa shape index (κ2) is 28.4.